The predicted octanol–water partition coefficient (Wildman–Crippen LogP) is 3.89. The van der Waals surface area contributed by atoms with Crippen molar-refractivity contribution in [2.75, 3.05) is 0 Å². The Hall–Kier alpha value is -0.600. The highest BCUT2D eigenvalue weighted by molar-refractivity contribution is 7.10. The molecule has 16 heavy (non-hydrogen) atoms. The molecule has 0 aliphatic heterocycles. The van der Waals surface area contributed by atoms with Crippen LogP contribution in [0.2, 0.25) is 0 Å². The summed E-state index contributed by atoms with van der Waals surface area (Å²) in [5, 5.41) is 12.4. The maximum atomic E-state index is 10.2. The second-order valence-electron chi connectivity index (χ2n) is 4.58. The molecule has 1 nitrogen and oxygen atoms in total. The molecule has 1 aromatic rings. The summed E-state index contributed by atoms with van der Waals surface area (Å²) in [4.78, 5) is 1.50. The zero-order chi connectivity index (χ0) is 11.4. The van der Waals surface area contributed by atoms with Crippen LogP contribution < -0.4 is 0 Å². The van der Waals surface area contributed by atoms with Gasteiger partial charge in [-0.1, -0.05) is 6.08 Å². The monoisotopic (exact) mass is 236 g/mol. The van der Waals surface area contributed by atoms with E-state index in [0.717, 1.165) is 25.7 Å². The van der Waals surface area contributed by atoms with Crippen molar-refractivity contribution < 1.29 is 5.11 Å². The van der Waals surface area contributed by atoms with Gasteiger partial charge in [0.25, 0.3) is 0 Å². The SMILES string of the molecule is C=CCCCC(O)C1CCCc2sccc21. The van der Waals surface area contributed by atoms with Crippen LogP contribution in [0.15, 0.2) is 24.1 Å². The van der Waals surface area contributed by atoms with E-state index in [1.807, 2.05) is 17.4 Å². The van der Waals surface area contributed by atoms with Gasteiger partial charge in [-0.3, -0.25) is 0 Å². The maximum absolute atomic E-state index is 10.2. The fourth-order valence-electron chi connectivity index (χ4n) is 2.59. The predicted molar refractivity (Wildman–Crippen MR) is 70.1 cm³/mol. The zero-order valence-electron chi connectivity index (χ0n) is 9.69. The molecular formula is C14H20OS. The van der Waals surface area contributed by atoms with Gasteiger partial charge in [0, 0.05) is 10.8 Å². The second-order valence-corrected chi connectivity index (χ2v) is 5.59. The summed E-state index contributed by atoms with van der Waals surface area (Å²) in [5.74, 6) is 0.389. The largest absolute Gasteiger partial charge is 0.392 e. The van der Waals surface area contributed by atoms with Gasteiger partial charge in [-0.05, 0) is 55.5 Å². The van der Waals surface area contributed by atoms with E-state index in [9.17, 15) is 5.11 Å². The molecule has 1 aromatic heterocycles. The molecular weight excluding hydrogens is 216 g/mol. The molecule has 2 atom stereocenters. The third-order valence-corrected chi connectivity index (χ3v) is 4.47. The highest BCUT2D eigenvalue weighted by Crippen LogP contribution is 2.38. The Morgan fingerprint density at radius 1 is 1.62 bits per heavy atom. The summed E-state index contributed by atoms with van der Waals surface area (Å²) in [5.41, 5.74) is 1.42. The van der Waals surface area contributed by atoms with E-state index in [1.54, 1.807) is 0 Å². The van der Waals surface area contributed by atoms with Crippen LogP contribution in [0.1, 0.15) is 48.5 Å². The Kier molecular flexibility index (Phi) is 4.19. The first-order valence-corrected chi connectivity index (χ1v) is 7.06. The first-order chi connectivity index (χ1) is 7.83. The quantitative estimate of drug-likeness (QED) is 0.607. The average molecular weight is 236 g/mol. The maximum Gasteiger partial charge on any atom is 0.0609 e. The Morgan fingerprint density at radius 2 is 2.50 bits per heavy atom. The van der Waals surface area contributed by atoms with Gasteiger partial charge in [0.1, 0.15) is 0 Å². The van der Waals surface area contributed by atoms with Crippen LogP contribution in [0.3, 0.4) is 0 Å². The van der Waals surface area contributed by atoms with E-state index in [4.69, 9.17) is 0 Å². The second kappa shape index (κ2) is 5.65. The number of unbranched alkanes of at least 4 members (excludes halogenated alkanes) is 1. The number of rotatable bonds is 5. The fourth-order valence-corrected chi connectivity index (χ4v) is 3.59. The summed E-state index contributed by atoms with van der Waals surface area (Å²) in [6, 6.07) is 2.21. The number of hydrogen-bond donors (Lipinski definition) is 1. The molecule has 1 aliphatic carbocycles. The Balaban J connectivity index is 1.97. The summed E-state index contributed by atoms with van der Waals surface area (Å²) in [7, 11) is 0. The van der Waals surface area contributed by atoms with E-state index in [-0.39, 0.29) is 6.10 Å². The molecule has 0 fully saturated rings. The van der Waals surface area contributed by atoms with Gasteiger partial charge < -0.3 is 5.11 Å². The van der Waals surface area contributed by atoms with Crippen molar-refractivity contribution in [3.05, 3.63) is 34.5 Å². The molecule has 2 rings (SSSR count). The lowest BCUT2D eigenvalue weighted by molar-refractivity contribution is 0.123. The van der Waals surface area contributed by atoms with Crippen LogP contribution in [0, 0.1) is 0 Å². The molecule has 0 saturated carbocycles. The van der Waals surface area contributed by atoms with Gasteiger partial charge in [-0.25, -0.2) is 0 Å². The van der Waals surface area contributed by atoms with Crippen molar-refractivity contribution in [3.63, 3.8) is 0 Å². The van der Waals surface area contributed by atoms with Gasteiger partial charge in [-0.15, -0.1) is 17.9 Å². The smallest absolute Gasteiger partial charge is 0.0609 e. The number of fused-ring (bicyclic) bond motifs is 1. The zero-order valence-corrected chi connectivity index (χ0v) is 10.5. The molecule has 0 aromatic carbocycles. The van der Waals surface area contributed by atoms with Crippen molar-refractivity contribution in [3.8, 4) is 0 Å². The van der Waals surface area contributed by atoms with Crippen LogP contribution in [0.25, 0.3) is 0 Å². The molecule has 0 saturated heterocycles. The van der Waals surface area contributed by atoms with Crippen molar-refractivity contribution >= 4 is 11.3 Å². The van der Waals surface area contributed by atoms with Crippen LogP contribution in [0.4, 0.5) is 0 Å². The Bertz CT molecular complexity index is 342. The number of thiophene rings is 1. The van der Waals surface area contributed by atoms with E-state index in [1.165, 1.54) is 23.3 Å². The summed E-state index contributed by atoms with van der Waals surface area (Å²) < 4.78 is 0. The van der Waals surface area contributed by atoms with Crippen LogP contribution in [-0.2, 0) is 6.42 Å². The van der Waals surface area contributed by atoms with Crippen molar-refractivity contribution in [1.82, 2.24) is 0 Å². The summed E-state index contributed by atoms with van der Waals surface area (Å²) in [6.45, 7) is 3.72. The molecule has 0 spiro atoms. The third-order valence-electron chi connectivity index (χ3n) is 3.47. The van der Waals surface area contributed by atoms with Crippen LogP contribution in [-0.4, -0.2) is 11.2 Å². The van der Waals surface area contributed by atoms with Crippen molar-refractivity contribution in [2.24, 2.45) is 0 Å². The molecule has 1 heterocycles. The van der Waals surface area contributed by atoms with Crippen molar-refractivity contribution in [1.29, 1.82) is 0 Å². The average Bonchev–Trinajstić information content (AvgIpc) is 2.76. The molecule has 0 radical (unpaired) electrons. The molecule has 0 bridgehead atoms. The summed E-state index contributed by atoms with van der Waals surface area (Å²) >= 11 is 1.85. The standard InChI is InChI=1S/C14H20OS/c1-2-3-4-7-13(15)11-6-5-8-14-12(11)9-10-16-14/h2,9-11,13,15H,1,3-8H2. The number of hydrogen-bond acceptors (Lipinski definition) is 2. The minimum absolute atomic E-state index is 0.159. The first kappa shape index (κ1) is 11.9. The minimum atomic E-state index is -0.159. The number of aryl methyl sites for hydroxylation is 1. The first-order valence-electron chi connectivity index (χ1n) is 6.18. The van der Waals surface area contributed by atoms with Crippen LogP contribution >= 0.6 is 11.3 Å². The lowest BCUT2D eigenvalue weighted by Gasteiger charge is -2.27. The topological polar surface area (TPSA) is 20.2 Å². The van der Waals surface area contributed by atoms with Gasteiger partial charge in [0.05, 0.1) is 6.10 Å². The highest BCUT2D eigenvalue weighted by atomic mass is 32.1. The number of aliphatic hydroxyl groups excluding tert-OH is 1. The van der Waals surface area contributed by atoms with Crippen LogP contribution in [0.5, 0.6) is 0 Å². The lowest BCUT2D eigenvalue weighted by Crippen LogP contribution is -2.21. The Morgan fingerprint density at radius 3 is 3.31 bits per heavy atom. The van der Waals surface area contributed by atoms with Gasteiger partial charge >= 0.3 is 0 Å². The van der Waals surface area contributed by atoms with Gasteiger partial charge in [0.15, 0.2) is 0 Å². The van der Waals surface area contributed by atoms with E-state index < -0.39 is 0 Å². The Labute approximate surface area is 102 Å². The van der Waals surface area contributed by atoms with E-state index in [2.05, 4.69) is 18.0 Å². The molecule has 2 unspecified atom stereocenters. The van der Waals surface area contributed by atoms with E-state index in [0.29, 0.717) is 5.92 Å². The third kappa shape index (κ3) is 2.55. The van der Waals surface area contributed by atoms with Gasteiger partial charge in [0.2, 0.25) is 0 Å². The summed E-state index contributed by atoms with van der Waals surface area (Å²) in [6.07, 6.45) is 8.35. The number of allylic oxidation sites excluding steroid dienone is 1. The number of aliphatic hydroxyl groups is 1. The normalized spacial score (nSPS) is 21.4. The van der Waals surface area contributed by atoms with Gasteiger partial charge in [-0.2, -0.15) is 0 Å². The fraction of sp³-hybridized carbons (Fsp3) is 0.571. The molecule has 88 valence electrons. The molecule has 1 N–H and O–H groups in total. The van der Waals surface area contributed by atoms with E-state index >= 15 is 0 Å². The minimum Gasteiger partial charge on any atom is -0.392 e. The highest BCUT2D eigenvalue weighted by Gasteiger charge is 2.26. The van der Waals surface area contributed by atoms with Crippen molar-refractivity contribution in [2.45, 2.75) is 50.5 Å². The molecule has 2 heteroatoms. The molecule has 1 aliphatic rings. The molecule has 0 amide bonds. The lowest BCUT2D eigenvalue weighted by atomic mass is 9.82.